The zero-order valence-electron chi connectivity index (χ0n) is 11.7. The van der Waals surface area contributed by atoms with Crippen molar-refractivity contribution in [3.05, 3.63) is 47.3 Å². The number of hydrogen-bond acceptors (Lipinski definition) is 3. The van der Waals surface area contributed by atoms with Crippen molar-refractivity contribution in [1.82, 2.24) is 15.1 Å². The quantitative estimate of drug-likeness (QED) is 0.922. The largest absolute Gasteiger partial charge is 0.496 e. The summed E-state index contributed by atoms with van der Waals surface area (Å²) in [5, 5.41) is 6.57. The molecule has 0 saturated carbocycles. The molecule has 0 bridgehead atoms. The van der Waals surface area contributed by atoms with E-state index in [9.17, 15) is 13.2 Å². The number of hydrogen-bond donors (Lipinski definition) is 1. The zero-order valence-corrected chi connectivity index (χ0v) is 11.7. The Morgan fingerprint density at radius 2 is 2.05 bits per heavy atom. The molecule has 21 heavy (non-hydrogen) atoms. The van der Waals surface area contributed by atoms with Gasteiger partial charge in [0.1, 0.15) is 5.75 Å². The van der Waals surface area contributed by atoms with E-state index >= 15 is 0 Å². The number of nitrogens with zero attached hydrogens (tertiary/aromatic N) is 2. The highest BCUT2D eigenvalue weighted by Gasteiger charge is 2.33. The van der Waals surface area contributed by atoms with Crippen LogP contribution >= 0.6 is 0 Å². The molecule has 7 heteroatoms. The van der Waals surface area contributed by atoms with Gasteiger partial charge in [-0.3, -0.25) is 4.68 Å². The molecule has 0 unspecified atom stereocenters. The Morgan fingerprint density at radius 3 is 2.62 bits per heavy atom. The Hall–Kier alpha value is -2.02. The Morgan fingerprint density at radius 1 is 1.29 bits per heavy atom. The van der Waals surface area contributed by atoms with Gasteiger partial charge in [-0.25, -0.2) is 0 Å². The van der Waals surface area contributed by atoms with E-state index in [0.29, 0.717) is 12.3 Å². The van der Waals surface area contributed by atoms with Gasteiger partial charge in [-0.1, -0.05) is 6.07 Å². The molecule has 0 radical (unpaired) electrons. The predicted molar refractivity (Wildman–Crippen MR) is 72.1 cm³/mol. The van der Waals surface area contributed by atoms with E-state index in [1.807, 2.05) is 19.2 Å². The number of alkyl halides is 3. The van der Waals surface area contributed by atoms with E-state index in [2.05, 4.69) is 10.4 Å². The van der Waals surface area contributed by atoms with Crippen LogP contribution < -0.4 is 10.1 Å². The van der Waals surface area contributed by atoms with Crippen LogP contribution in [0.2, 0.25) is 0 Å². The van der Waals surface area contributed by atoms with E-state index in [1.165, 1.54) is 18.0 Å². The molecular weight excluding hydrogens is 283 g/mol. The summed E-state index contributed by atoms with van der Waals surface area (Å²) in [7, 11) is 3.35. The highest BCUT2D eigenvalue weighted by atomic mass is 19.4. The molecule has 2 rings (SSSR count). The first-order valence-electron chi connectivity index (χ1n) is 6.35. The second-order valence-corrected chi connectivity index (χ2v) is 4.57. The van der Waals surface area contributed by atoms with Crippen molar-refractivity contribution in [2.24, 2.45) is 0 Å². The minimum absolute atomic E-state index is 0.219. The molecule has 1 N–H and O–H groups in total. The predicted octanol–water partition coefficient (Wildman–Crippen LogP) is 2.68. The number of rotatable bonds is 5. The van der Waals surface area contributed by atoms with Crippen molar-refractivity contribution in [2.75, 3.05) is 14.2 Å². The van der Waals surface area contributed by atoms with Gasteiger partial charge in [0.05, 0.1) is 13.7 Å². The second kappa shape index (κ2) is 6.17. The molecule has 0 atom stereocenters. The average Bonchev–Trinajstić information content (AvgIpc) is 2.88. The van der Waals surface area contributed by atoms with Crippen LogP contribution in [-0.4, -0.2) is 23.9 Å². The van der Waals surface area contributed by atoms with Gasteiger partial charge in [-0.05, 0) is 30.8 Å². The van der Waals surface area contributed by atoms with Crippen molar-refractivity contribution >= 4 is 0 Å². The average molecular weight is 299 g/mol. The fourth-order valence-corrected chi connectivity index (χ4v) is 2.05. The monoisotopic (exact) mass is 299 g/mol. The molecule has 0 aliphatic heterocycles. The van der Waals surface area contributed by atoms with Crippen molar-refractivity contribution in [3.8, 4) is 5.75 Å². The molecule has 1 aromatic heterocycles. The summed E-state index contributed by atoms with van der Waals surface area (Å²) < 4.78 is 44.1. The highest BCUT2D eigenvalue weighted by molar-refractivity contribution is 5.37. The number of halogens is 3. The van der Waals surface area contributed by atoms with E-state index in [1.54, 1.807) is 6.07 Å². The van der Waals surface area contributed by atoms with Gasteiger partial charge in [0.15, 0.2) is 5.69 Å². The van der Waals surface area contributed by atoms with Crippen molar-refractivity contribution in [1.29, 1.82) is 0 Å². The van der Waals surface area contributed by atoms with E-state index < -0.39 is 11.9 Å². The lowest BCUT2D eigenvalue weighted by molar-refractivity contribution is -0.141. The van der Waals surface area contributed by atoms with Crippen molar-refractivity contribution < 1.29 is 17.9 Å². The lowest BCUT2D eigenvalue weighted by atomic mass is 10.1. The maximum Gasteiger partial charge on any atom is 0.435 e. The van der Waals surface area contributed by atoms with Crippen LogP contribution in [0.25, 0.3) is 0 Å². The van der Waals surface area contributed by atoms with Gasteiger partial charge in [-0.2, -0.15) is 18.3 Å². The Bertz CT molecular complexity index is 608. The summed E-state index contributed by atoms with van der Waals surface area (Å²) in [5.74, 6) is 0.624. The molecule has 0 fully saturated rings. The fourth-order valence-electron chi connectivity index (χ4n) is 2.05. The summed E-state index contributed by atoms with van der Waals surface area (Å²) in [6.07, 6.45) is -3.11. The summed E-state index contributed by atoms with van der Waals surface area (Å²) >= 11 is 0. The van der Waals surface area contributed by atoms with Crippen LogP contribution in [0.3, 0.4) is 0 Å². The maximum atomic E-state index is 12.5. The Labute approximate surface area is 120 Å². The third-order valence-electron chi connectivity index (χ3n) is 2.99. The molecule has 0 saturated heterocycles. The number of aromatic nitrogens is 2. The third kappa shape index (κ3) is 3.75. The van der Waals surface area contributed by atoms with Crippen LogP contribution in [0.4, 0.5) is 13.2 Å². The standard InChI is InChI=1S/C14H16F3N3O/c1-18-8-10-3-4-12(21-2)11(7-10)9-20-6-5-13(19-20)14(15,16)17/h3-7,18H,8-9H2,1-2H3. The first-order chi connectivity index (χ1) is 9.94. The normalized spacial score (nSPS) is 11.7. The van der Waals surface area contributed by atoms with E-state index in [-0.39, 0.29) is 6.54 Å². The molecule has 114 valence electrons. The summed E-state index contributed by atoms with van der Waals surface area (Å²) in [5.41, 5.74) is 0.909. The first-order valence-corrected chi connectivity index (χ1v) is 6.35. The minimum Gasteiger partial charge on any atom is -0.496 e. The molecule has 0 aliphatic carbocycles. The van der Waals surface area contributed by atoms with Crippen LogP contribution in [0.1, 0.15) is 16.8 Å². The maximum absolute atomic E-state index is 12.5. The molecule has 4 nitrogen and oxygen atoms in total. The van der Waals surface area contributed by atoms with Crippen LogP contribution in [0.5, 0.6) is 5.75 Å². The third-order valence-corrected chi connectivity index (χ3v) is 2.99. The highest BCUT2D eigenvalue weighted by Crippen LogP contribution is 2.28. The molecule has 0 amide bonds. The summed E-state index contributed by atoms with van der Waals surface area (Å²) in [6, 6.07) is 6.56. The SMILES string of the molecule is CNCc1ccc(OC)c(Cn2ccc(C(F)(F)F)n2)c1. The summed E-state index contributed by atoms with van der Waals surface area (Å²) in [4.78, 5) is 0. The zero-order chi connectivity index (χ0) is 15.5. The second-order valence-electron chi connectivity index (χ2n) is 4.57. The first kappa shape index (κ1) is 15.4. The number of benzene rings is 1. The van der Waals surface area contributed by atoms with Crippen LogP contribution in [0, 0.1) is 0 Å². The molecule has 2 aromatic rings. The molecule has 0 spiro atoms. The lowest BCUT2D eigenvalue weighted by Crippen LogP contribution is -2.10. The van der Waals surface area contributed by atoms with Gasteiger partial charge in [0.25, 0.3) is 0 Å². The van der Waals surface area contributed by atoms with Gasteiger partial charge >= 0.3 is 6.18 Å². The Balaban J connectivity index is 2.25. The van der Waals surface area contributed by atoms with Crippen molar-refractivity contribution in [2.45, 2.75) is 19.3 Å². The van der Waals surface area contributed by atoms with E-state index in [0.717, 1.165) is 17.2 Å². The van der Waals surface area contributed by atoms with Crippen LogP contribution in [-0.2, 0) is 19.3 Å². The lowest BCUT2D eigenvalue weighted by Gasteiger charge is -2.11. The topological polar surface area (TPSA) is 39.1 Å². The number of ether oxygens (including phenoxy) is 1. The summed E-state index contributed by atoms with van der Waals surface area (Å²) in [6.45, 7) is 0.890. The van der Waals surface area contributed by atoms with E-state index in [4.69, 9.17) is 4.74 Å². The number of nitrogens with one attached hydrogen (secondary N) is 1. The fraction of sp³-hybridized carbons (Fsp3) is 0.357. The molecule has 1 heterocycles. The minimum atomic E-state index is -4.43. The van der Waals surface area contributed by atoms with Crippen LogP contribution in [0.15, 0.2) is 30.5 Å². The molecule has 1 aromatic carbocycles. The van der Waals surface area contributed by atoms with Gasteiger partial charge in [-0.15, -0.1) is 0 Å². The number of methoxy groups -OCH3 is 1. The van der Waals surface area contributed by atoms with Crippen molar-refractivity contribution in [3.63, 3.8) is 0 Å². The smallest absolute Gasteiger partial charge is 0.435 e. The molecule has 0 aliphatic rings. The Kier molecular flexibility index (Phi) is 4.52. The van der Waals surface area contributed by atoms with Gasteiger partial charge in [0, 0.05) is 18.3 Å². The van der Waals surface area contributed by atoms with Gasteiger partial charge < -0.3 is 10.1 Å². The molecular formula is C14H16F3N3O. The van der Waals surface area contributed by atoms with Gasteiger partial charge in [0.2, 0.25) is 0 Å².